The van der Waals surface area contributed by atoms with Gasteiger partial charge in [-0.15, -0.1) is 0 Å². The number of pyridine rings is 1. The quantitative estimate of drug-likeness (QED) is 0.709. The first-order valence-corrected chi connectivity index (χ1v) is 6.75. The third-order valence-corrected chi connectivity index (χ3v) is 3.55. The van der Waals surface area contributed by atoms with Crippen molar-refractivity contribution in [3.63, 3.8) is 0 Å². The molecule has 0 aliphatic rings. The Labute approximate surface area is 122 Å². The van der Waals surface area contributed by atoms with Gasteiger partial charge in [0.2, 0.25) is 0 Å². The summed E-state index contributed by atoms with van der Waals surface area (Å²) >= 11 is 0. The lowest BCUT2D eigenvalue weighted by Gasteiger charge is -2.13. The molecule has 0 atom stereocenters. The van der Waals surface area contributed by atoms with E-state index in [0.717, 1.165) is 22.5 Å². The molecular weight excluding hydrogens is 262 g/mol. The molecule has 0 radical (unpaired) electrons. The van der Waals surface area contributed by atoms with Gasteiger partial charge in [0.15, 0.2) is 5.43 Å². The Bertz CT molecular complexity index is 848. The van der Waals surface area contributed by atoms with Gasteiger partial charge in [-0.1, -0.05) is 12.1 Å². The van der Waals surface area contributed by atoms with Crippen molar-refractivity contribution >= 4 is 22.3 Å². The fraction of sp³-hybridized carbons (Fsp3) is 0.118. The molecule has 3 rings (SSSR count). The number of aromatic nitrogens is 1. The van der Waals surface area contributed by atoms with E-state index in [1.54, 1.807) is 6.07 Å². The number of rotatable bonds is 2. The minimum atomic E-state index is 0.0132. The molecule has 0 spiro atoms. The van der Waals surface area contributed by atoms with Crippen LogP contribution in [0.4, 0.5) is 11.4 Å². The number of aromatic amines is 1. The number of fused-ring (bicyclic) bond motifs is 1. The van der Waals surface area contributed by atoms with Gasteiger partial charge in [-0.3, -0.25) is 4.79 Å². The second-order valence-electron chi connectivity index (χ2n) is 5.29. The van der Waals surface area contributed by atoms with Crippen molar-refractivity contribution in [3.05, 3.63) is 58.8 Å². The highest BCUT2D eigenvalue weighted by molar-refractivity contribution is 5.84. The van der Waals surface area contributed by atoms with Crippen molar-refractivity contribution in [1.29, 1.82) is 0 Å². The topological polar surface area (TPSA) is 62.1 Å². The van der Waals surface area contributed by atoms with Gasteiger partial charge in [-0.25, -0.2) is 0 Å². The van der Waals surface area contributed by atoms with E-state index in [1.165, 1.54) is 0 Å². The monoisotopic (exact) mass is 279 g/mol. The van der Waals surface area contributed by atoms with Crippen molar-refractivity contribution in [2.75, 3.05) is 24.7 Å². The maximum absolute atomic E-state index is 12.4. The molecule has 1 aromatic heterocycles. The van der Waals surface area contributed by atoms with Crippen LogP contribution in [0.1, 0.15) is 0 Å². The van der Waals surface area contributed by atoms with Gasteiger partial charge < -0.3 is 15.6 Å². The average molecular weight is 279 g/mol. The van der Waals surface area contributed by atoms with Crippen LogP contribution >= 0.6 is 0 Å². The minimum Gasteiger partial charge on any atom is -0.399 e. The summed E-state index contributed by atoms with van der Waals surface area (Å²) in [5.74, 6) is 0. The van der Waals surface area contributed by atoms with E-state index in [9.17, 15) is 4.79 Å². The van der Waals surface area contributed by atoms with Crippen LogP contribution in [0.2, 0.25) is 0 Å². The average Bonchev–Trinajstić information content (AvgIpc) is 2.47. The van der Waals surface area contributed by atoms with E-state index in [-0.39, 0.29) is 5.43 Å². The number of nitrogens with one attached hydrogen (secondary N) is 1. The summed E-state index contributed by atoms with van der Waals surface area (Å²) in [5.41, 5.74) is 9.99. The molecule has 2 aromatic carbocycles. The molecule has 106 valence electrons. The predicted molar refractivity (Wildman–Crippen MR) is 88.7 cm³/mol. The summed E-state index contributed by atoms with van der Waals surface area (Å²) in [7, 11) is 3.91. The first-order valence-electron chi connectivity index (χ1n) is 6.75. The maximum Gasteiger partial charge on any atom is 0.190 e. The molecule has 21 heavy (non-hydrogen) atoms. The zero-order valence-corrected chi connectivity index (χ0v) is 12.1. The van der Waals surface area contributed by atoms with Crippen LogP contribution in [-0.4, -0.2) is 19.1 Å². The summed E-state index contributed by atoms with van der Waals surface area (Å²) in [5, 5.41) is 0.695. The molecule has 3 aromatic rings. The molecule has 4 heteroatoms. The highest BCUT2D eigenvalue weighted by Crippen LogP contribution is 2.22. The number of hydrogen-bond donors (Lipinski definition) is 2. The SMILES string of the molecule is CN(C)c1ccc2[nH]c(-c3ccc(N)cc3)cc(=O)c2c1. The van der Waals surface area contributed by atoms with Gasteiger partial charge in [0.1, 0.15) is 0 Å². The fourth-order valence-corrected chi connectivity index (χ4v) is 2.33. The molecule has 0 aliphatic carbocycles. The van der Waals surface area contributed by atoms with Crippen molar-refractivity contribution in [2.24, 2.45) is 0 Å². The zero-order chi connectivity index (χ0) is 15.0. The number of H-pyrrole nitrogens is 1. The first-order chi connectivity index (χ1) is 10.0. The Morgan fingerprint density at radius 1 is 1.00 bits per heavy atom. The van der Waals surface area contributed by atoms with Gasteiger partial charge in [0.05, 0.1) is 0 Å². The molecule has 0 aliphatic heterocycles. The van der Waals surface area contributed by atoms with Crippen molar-refractivity contribution in [1.82, 2.24) is 4.98 Å². The second kappa shape index (κ2) is 4.98. The van der Waals surface area contributed by atoms with Crippen molar-refractivity contribution < 1.29 is 0 Å². The smallest absolute Gasteiger partial charge is 0.190 e. The molecular formula is C17H17N3O. The Kier molecular flexibility index (Phi) is 3.14. The standard InChI is InChI=1S/C17H17N3O/c1-20(2)13-7-8-15-14(9-13)17(21)10-16(19-15)11-3-5-12(18)6-4-11/h3-10H,18H2,1-2H3,(H,19,21). The van der Waals surface area contributed by atoms with E-state index >= 15 is 0 Å². The Morgan fingerprint density at radius 3 is 2.38 bits per heavy atom. The second-order valence-corrected chi connectivity index (χ2v) is 5.29. The van der Waals surface area contributed by atoms with E-state index in [4.69, 9.17) is 5.73 Å². The number of nitrogens with two attached hydrogens (primary N) is 1. The normalized spacial score (nSPS) is 10.8. The summed E-state index contributed by atoms with van der Waals surface area (Å²) in [6, 6.07) is 14.9. The molecule has 0 bridgehead atoms. The van der Waals surface area contributed by atoms with E-state index in [2.05, 4.69) is 4.98 Å². The van der Waals surface area contributed by atoms with E-state index in [0.29, 0.717) is 11.1 Å². The van der Waals surface area contributed by atoms with Crippen molar-refractivity contribution in [2.45, 2.75) is 0 Å². The number of nitrogens with zero attached hydrogens (tertiary/aromatic N) is 1. The van der Waals surface area contributed by atoms with Crippen LogP contribution in [0.25, 0.3) is 22.2 Å². The lowest BCUT2D eigenvalue weighted by atomic mass is 10.1. The largest absolute Gasteiger partial charge is 0.399 e. The van der Waals surface area contributed by atoms with E-state index in [1.807, 2.05) is 61.5 Å². The van der Waals surface area contributed by atoms with Gasteiger partial charge in [-0.2, -0.15) is 0 Å². The first kappa shape index (κ1) is 13.2. The van der Waals surface area contributed by atoms with Crippen LogP contribution in [-0.2, 0) is 0 Å². The van der Waals surface area contributed by atoms with Crippen LogP contribution in [0.15, 0.2) is 53.3 Å². The highest BCUT2D eigenvalue weighted by Gasteiger charge is 2.06. The predicted octanol–water partition coefficient (Wildman–Crippen LogP) is 2.84. The summed E-state index contributed by atoms with van der Waals surface area (Å²) in [6.45, 7) is 0. The number of anilines is 2. The summed E-state index contributed by atoms with van der Waals surface area (Å²) in [4.78, 5) is 17.6. The number of hydrogen-bond acceptors (Lipinski definition) is 3. The molecule has 1 heterocycles. The molecule has 0 amide bonds. The van der Waals surface area contributed by atoms with Gasteiger partial charge in [0.25, 0.3) is 0 Å². The van der Waals surface area contributed by atoms with Gasteiger partial charge in [0, 0.05) is 48.1 Å². The number of benzene rings is 2. The van der Waals surface area contributed by atoms with Crippen LogP contribution in [0, 0.1) is 0 Å². The molecule has 0 unspecified atom stereocenters. The summed E-state index contributed by atoms with van der Waals surface area (Å²) < 4.78 is 0. The van der Waals surface area contributed by atoms with Crippen LogP contribution in [0.3, 0.4) is 0 Å². The van der Waals surface area contributed by atoms with Gasteiger partial charge in [-0.05, 0) is 35.9 Å². The van der Waals surface area contributed by atoms with Gasteiger partial charge >= 0.3 is 0 Å². The fourth-order valence-electron chi connectivity index (χ4n) is 2.33. The Hall–Kier alpha value is -2.75. The minimum absolute atomic E-state index is 0.0132. The van der Waals surface area contributed by atoms with E-state index < -0.39 is 0 Å². The van der Waals surface area contributed by atoms with Crippen LogP contribution in [0.5, 0.6) is 0 Å². The molecule has 0 saturated heterocycles. The molecule has 3 N–H and O–H groups in total. The zero-order valence-electron chi connectivity index (χ0n) is 12.1. The molecule has 0 fully saturated rings. The van der Waals surface area contributed by atoms with Crippen molar-refractivity contribution in [3.8, 4) is 11.3 Å². The third kappa shape index (κ3) is 2.48. The Balaban J connectivity index is 2.18. The van der Waals surface area contributed by atoms with Crippen LogP contribution < -0.4 is 16.1 Å². The Morgan fingerprint density at radius 2 is 1.71 bits per heavy atom. The lowest BCUT2D eigenvalue weighted by Crippen LogP contribution is -2.10. The third-order valence-electron chi connectivity index (χ3n) is 3.55. The molecule has 0 saturated carbocycles. The lowest BCUT2D eigenvalue weighted by molar-refractivity contribution is 1.13. The summed E-state index contributed by atoms with van der Waals surface area (Å²) in [6.07, 6.45) is 0. The molecule has 4 nitrogen and oxygen atoms in total. The maximum atomic E-state index is 12.4. The number of nitrogen functional groups attached to an aromatic ring is 1. The highest BCUT2D eigenvalue weighted by atomic mass is 16.1.